The largest absolute Gasteiger partial charge is 0.456 e. The van der Waals surface area contributed by atoms with Crippen molar-refractivity contribution < 1.29 is 13.3 Å². The van der Waals surface area contributed by atoms with E-state index in [4.69, 9.17) is 18.2 Å². The van der Waals surface area contributed by atoms with Gasteiger partial charge in [-0.2, -0.15) is 0 Å². The minimum Gasteiger partial charge on any atom is -0.456 e. The zero-order valence-electron chi connectivity index (χ0n) is 29.3. The maximum Gasteiger partial charge on any atom is 0.227 e. The number of benzene rings is 8. The average molecular weight is 708 g/mol. The fraction of sp³-hybridized carbons (Fsp3) is 0. The number of hydrogen-bond donors (Lipinski definition) is 0. The van der Waals surface area contributed by atoms with Gasteiger partial charge in [0.1, 0.15) is 27.8 Å². The summed E-state index contributed by atoms with van der Waals surface area (Å²) < 4.78 is 21.6. The van der Waals surface area contributed by atoms with Gasteiger partial charge in [-0.15, -0.1) is 0 Å². The second kappa shape index (κ2) is 11.5. The molecule has 0 saturated carbocycles. The topological polar surface area (TPSA) is 60.5 Å². The minimum absolute atomic E-state index is 0.588. The van der Waals surface area contributed by atoms with Gasteiger partial charge in [0.2, 0.25) is 5.89 Å². The third kappa shape index (κ3) is 4.52. The highest BCUT2D eigenvalue weighted by Crippen LogP contribution is 2.44. The summed E-state index contributed by atoms with van der Waals surface area (Å²) in [5.41, 5.74) is 12.0. The van der Waals surface area contributed by atoms with Crippen LogP contribution < -0.4 is 4.90 Å². The van der Waals surface area contributed by atoms with Crippen LogP contribution in [0.2, 0.25) is 0 Å². The lowest BCUT2D eigenvalue weighted by Crippen LogP contribution is -2.10. The molecule has 0 unspecified atom stereocenters. The quantitative estimate of drug-likeness (QED) is 0.178. The molecule has 4 aromatic heterocycles. The third-order valence-electron chi connectivity index (χ3n) is 10.8. The number of rotatable bonds is 5. The maximum absolute atomic E-state index is 6.60. The Hall–Kier alpha value is -7.57. The second-order valence-corrected chi connectivity index (χ2v) is 14.0. The van der Waals surface area contributed by atoms with Crippen molar-refractivity contribution in [2.45, 2.75) is 0 Å². The molecule has 0 aliphatic carbocycles. The fourth-order valence-electron chi connectivity index (χ4n) is 8.34. The average Bonchev–Trinajstić information content (AvgIpc) is 4.01. The number of para-hydroxylation sites is 3. The van der Waals surface area contributed by atoms with E-state index in [0.29, 0.717) is 5.89 Å². The normalized spacial score (nSPS) is 12.0. The molecule has 6 heteroatoms. The zero-order chi connectivity index (χ0) is 36.0. The predicted molar refractivity (Wildman–Crippen MR) is 223 cm³/mol. The van der Waals surface area contributed by atoms with Gasteiger partial charge in [-0.25, -0.2) is 4.98 Å². The Balaban J connectivity index is 1.09. The van der Waals surface area contributed by atoms with Gasteiger partial charge in [-0.05, 0) is 84.9 Å². The monoisotopic (exact) mass is 707 g/mol. The van der Waals surface area contributed by atoms with Crippen LogP contribution in [0.25, 0.3) is 93.9 Å². The molecule has 0 N–H and O–H groups in total. The van der Waals surface area contributed by atoms with Gasteiger partial charge >= 0.3 is 0 Å². The number of hydrogen-bond acceptors (Lipinski definition) is 5. The summed E-state index contributed by atoms with van der Waals surface area (Å²) in [5, 5.41) is 6.50. The molecule has 0 fully saturated rings. The highest BCUT2D eigenvalue weighted by atomic mass is 16.4. The summed E-state index contributed by atoms with van der Waals surface area (Å²) in [6.45, 7) is 0. The van der Waals surface area contributed by atoms with Crippen molar-refractivity contribution in [3.8, 4) is 17.1 Å². The second-order valence-electron chi connectivity index (χ2n) is 14.0. The summed E-state index contributed by atoms with van der Waals surface area (Å²) in [6.07, 6.45) is 0. The molecule has 0 saturated heterocycles. The zero-order valence-corrected chi connectivity index (χ0v) is 29.3. The van der Waals surface area contributed by atoms with Crippen molar-refractivity contribution in [1.29, 1.82) is 0 Å². The Kier molecular flexibility index (Phi) is 6.24. The lowest BCUT2D eigenvalue weighted by atomic mass is 10.1. The number of anilines is 3. The molecule has 258 valence electrons. The van der Waals surface area contributed by atoms with Crippen LogP contribution in [0.3, 0.4) is 0 Å². The summed E-state index contributed by atoms with van der Waals surface area (Å²) in [7, 11) is 0. The van der Waals surface area contributed by atoms with Crippen LogP contribution in [-0.2, 0) is 0 Å². The Morgan fingerprint density at radius 1 is 0.400 bits per heavy atom. The molecule has 8 aromatic carbocycles. The van der Waals surface area contributed by atoms with Gasteiger partial charge in [-0.1, -0.05) is 78.9 Å². The standard InChI is InChI=1S/C49H29N3O3/c1-3-11-30(12-4-1)49-50-48-44(55-49)26-25-43-47(48)39-24-21-34(29-46(39)54-43)51(33-20-23-38-37-16-8-10-18-42(37)53-45(38)28-33)32-19-22-36-35-15-7-9-17-40(35)52(41(36)27-32)31-13-5-2-6-14-31/h1-29H. The SMILES string of the molecule is c1ccc(-c2nc3c(ccc4oc5cc(N(c6ccc7c(c6)oc6ccccc67)c6ccc7c8ccccc8n(-c8ccccc8)c7c6)ccc5c43)o2)cc1. The Morgan fingerprint density at radius 2 is 0.982 bits per heavy atom. The molecule has 4 heterocycles. The molecule has 0 aliphatic heterocycles. The highest BCUT2D eigenvalue weighted by Gasteiger charge is 2.22. The molecule has 12 aromatic rings. The van der Waals surface area contributed by atoms with Crippen molar-refractivity contribution in [2.24, 2.45) is 0 Å². The molecule has 0 amide bonds. The van der Waals surface area contributed by atoms with Crippen LogP contribution in [0.15, 0.2) is 189 Å². The lowest BCUT2D eigenvalue weighted by Gasteiger charge is -2.25. The predicted octanol–water partition coefficient (Wildman–Crippen LogP) is 13.9. The van der Waals surface area contributed by atoms with E-state index in [1.807, 2.05) is 54.6 Å². The van der Waals surface area contributed by atoms with E-state index in [1.54, 1.807) is 0 Å². The van der Waals surface area contributed by atoms with Gasteiger partial charge in [0.25, 0.3) is 0 Å². The first-order valence-electron chi connectivity index (χ1n) is 18.4. The van der Waals surface area contributed by atoms with Gasteiger partial charge in [0.15, 0.2) is 5.58 Å². The Morgan fingerprint density at radius 3 is 1.80 bits per heavy atom. The first-order valence-corrected chi connectivity index (χ1v) is 18.4. The van der Waals surface area contributed by atoms with Crippen molar-refractivity contribution in [2.75, 3.05) is 4.90 Å². The van der Waals surface area contributed by atoms with E-state index in [0.717, 1.165) is 94.3 Å². The Bertz CT molecular complexity index is 3440. The van der Waals surface area contributed by atoms with Gasteiger partial charge in [0, 0.05) is 67.4 Å². The van der Waals surface area contributed by atoms with E-state index < -0.39 is 0 Å². The van der Waals surface area contributed by atoms with Gasteiger partial charge in [-0.3, -0.25) is 0 Å². The molecule has 0 radical (unpaired) electrons. The van der Waals surface area contributed by atoms with Crippen LogP contribution >= 0.6 is 0 Å². The number of furan rings is 2. The van der Waals surface area contributed by atoms with E-state index in [9.17, 15) is 0 Å². The molecule has 12 rings (SSSR count). The maximum atomic E-state index is 6.60. The fourth-order valence-corrected chi connectivity index (χ4v) is 8.34. The minimum atomic E-state index is 0.588. The van der Waals surface area contributed by atoms with Crippen LogP contribution in [-0.4, -0.2) is 9.55 Å². The highest BCUT2D eigenvalue weighted by molar-refractivity contribution is 6.17. The van der Waals surface area contributed by atoms with E-state index >= 15 is 0 Å². The van der Waals surface area contributed by atoms with Crippen LogP contribution in [0.1, 0.15) is 0 Å². The molecular formula is C49H29N3O3. The first kappa shape index (κ1) is 29.9. The van der Waals surface area contributed by atoms with E-state index in [1.165, 1.54) is 10.8 Å². The van der Waals surface area contributed by atoms with Crippen LogP contribution in [0.4, 0.5) is 17.1 Å². The molecule has 0 spiro atoms. The first-order chi connectivity index (χ1) is 27.2. The summed E-state index contributed by atoms with van der Waals surface area (Å²) in [5.74, 6) is 0.588. The molecule has 0 bridgehead atoms. The third-order valence-corrected chi connectivity index (χ3v) is 10.8. The molecule has 0 aliphatic rings. The summed E-state index contributed by atoms with van der Waals surface area (Å²) in [4.78, 5) is 7.25. The van der Waals surface area contributed by atoms with Crippen LogP contribution in [0.5, 0.6) is 0 Å². The van der Waals surface area contributed by atoms with Crippen LogP contribution in [0, 0.1) is 0 Å². The summed E-state index contributed by atoms with van der Waals surface area (Å²) in [6, 6.07) is 60.9. The molecule has 6 nitrogen and oxygen atoms in total. The molecular weight excluding hydrogens is 679 g/mol. The van der Waals surface area contributed by atoms with E-state index in [-0.39, 0.29) is 0 Å². The molecule has 55 heavy (non-hydrogen) atoms. The number of fused-ring (bicyclic) bond motifs is 11. The number of aromatic nitrogens is 2. The van der Waals surface area contributed by atoms with Gasteiger partial charge < -0.3 is 22.7 Å². The number of nitrogens with zero attached hydrogens (tertiary/aromatic N) is 3. The van der Waals surface area contributed by atoms with Crippen molar-refractivity contribution in [1.82, 2.24) is 9.55 Å². The van der Waals surface area contributed by atoms with Crippen molar-refractivity contribution in [3.05, 3.63) is 176 Å². The lowest BCUT2D eigenvalue weighted by molar-refractivity contribution is 0.619. The number of oxazole rings is 1. The van der Waals surface area contributed by atoms with Crippen molar-refractivity contribution >= 4 is 93.8 Å². The smallest absolute Gasteiger partial charge is 0.227 e. The summed E-state index contributed by atoms with van der Waals surface area (Å²) >= 11 is 0. The van der Waals surface area contributed by atoms with Gasteiger partial charge in [0.05, 0.1) is 16.4 Å². The molecule has 0 atom stereocenters. The Labute approximate surface area is 313 Å². The van der Waals surface area contributed by atoms with Crippen molar-refractivity contribution in [3.63, 3.8) is 0 Å². The van der Waals surface area contributed by atoms with E-state index in [2.05, 4.69) is 131 Å².